The van der Waals surface area contributed by atoms with Crippen molar-refractivity contribution in [2.45, 2.75) is 63.2 Å². The van der Waals surface area contributed by atoms with Crippen molar-refractivity contribution < 1.29 is 18.8 Å². The zero-order valence-electron chi connectivity index (χ0n) is 26.7. The highest BCUT2D eigenvalue weighted by Gasteiger charge is 2.34. The van der Waals surface area contributed by atoms with Gasteiger partial charge in [-0.15, -0.1) is 0 Å². The number of carbonyl (C=O) groups is 3. The van der Waals surface area contributed by atoms with Gasteiger partial charge in [0.05, 0.1) is 29.5 Å². The quantitative estimate of drug-likeness (QED) is 0.176. The highest BCUT2D eigenvalue weighted by atomic mass is 19.1. The molecule has 0 aliphatic carbocycles. The summed E-state index contributed by atoms with van der Waals surface area (Å²) < 4.78 is 14.0. The van der Waals surface area contributed by atoms with Crippen LogP contribution >= 0.6 is 0 Å². The van der Waals surface area contributed by atoms with Crippen molar-refractivity contribution in [3.8, 4) is 11.1 Å². The molecule has 4 aromatic rings. The lowest BCUT2D eigenvalue weighted by Gasteiger charge is -2.30. The molecule has 46 heavy (non-hydrogen) atoms. The molecular weight excluding hydrogens is 583 g/mol. The van der Waals surface area contributed by atoms with Crippen molar-refractivity contribution in [2.75, 3.05) is 27.2 Å². The normalized spacial score (nSPS) is 17.9. The summed E-state index contributed by atoms with van der Waals surface area (Å²) in [6, 6.07) is 21.0. The third kappa shape index (κ3) is 7.68. The van der Waals surface area contributed by atoms with Gasteiger partial charge in [0, 0.05) is 24.7 Å². The first kappa shape index (κ1) is 33.0. The zero-order valence-corrected chi connectivity index (χ0v) is 26.7. The number of para-hydroxylation sites is 1. The van der Waals surface area contributed by atoms with Crippen molar-refractivity contribution in [1.82, 2.24) is 30.4 Å². The van der Waals surface area contributed by atoms with E-state index in [9.17, 15) is 18.8 Å². The largest absolute Gasteiger partial charge is 0.343 e. The van der Waals surface area contributed by atoms with Gasteiger partial charge in [-0.25, -0.2) is 9.37 Å². The van der Waals surface area contributed by atoms with Crippen LogP contribution in [0.1, 0.15) is 50.0 Å². The van der Waals surface area contributed by atoms with E-state index in [1.807, 2.05) is 61.5 Å². The Labute approximate surface area is 269 Å². The summed E-state index contributed by atoms with van der Waals surface area (Å²) >= 11 is 0. The smallest absolute Gasteiger partial charge is 0.237 e. The number of aromatic nitrogens is 2. The van der Waals surface area contributed by atoms with Gasteiger partial charge in [-0.3, -0.25) is 14.5 Å². The van der Waals surface area contributed by atoms with Crippen molar-refractivity contribution >= 4 is 29.1 Å². The lowest BCUT2D eigenvalue weighted by atomic mass is 10.0. The fourth-order valence-electron chi connectivity index (χ4n) is 6.46. The van der Waals surface area contributed by atoms with Crippen molar-refractivity contribution in [3.63, 3.8) is 0 Å². The highest BCUT2D eigenvalue weighted by molar-refractivity contribution is 5.92. The molecule has 1 fully saturated rings. The van der Waals surface area contributed by atoms with Gasteiger partial charge >= 0.3 is 0 Å². The lowest BCUT2D eigenvalue weighted by Crippen LogP contribution is -2.52. The second kappa shape index (κ2) is 15.2. The van der Waals surface area contributed by atoms with Gasteiger partial charge in [0.15, 0.2) is 0 Å². The average molecular weight is 627 g/mol. The molecule has 9 nitrogen and oxygen atoms in total. The summed E-state index contributed by atoms with van der Waals surface area (Å²) in [5, 5.41) is 5.77. The summed E-state index contributed by atoms with van der Waals surface area (Å²) in [5.74, 6) is 0.221. The molecule has 242 valence electrons. The van der Waals surface area contributed by atoms with Crippen molar-refractivity contribution in [2.24, 2.45) is 0 Å². The van der Waals surface area contributed by atoms with Gasteiger partial charge in [0.25, 0.3) is 0 Å². The number of hydrogen-bond donors (Lipinski definition) is 3. The Balaban J connectivity index is 1.29. The van der Waals surface area contributed by atoms with E-state index in [0.717, 1.165) is 46.4 Å². The minimum absolute atomic E-state index is 0.0563. The molecule has 10 heteroatoms. The minimum Gasteiger partial charge on any atom is -0.343 e. The Morgan fingerprint density at radius 3 is 2.61 bits per heavy atom. The molecule has 1 aromatic heterocycles. The number of fused-ring (bicyclic) bond motifs is 1. The number of halogens is 1. The van der Waals surface area contributed by atoms with Crippen LogP contribution in [0.4, 0.5) is 4.39 Å². The monoisotopic (exact) mass is 626 g/mol. The van der Waals surface area contributed by atoms with Crippen LogP contribution in [0.3, 0.4) is 0 Å². The van der Waals surface area contributed by atoms with Crippen molar-refractivity contribution in [3.05, 3.63) is 90.0 Å². The Bertz CT molecular complexity index is 1640. The molecule has 1 aliphatic heterocycles. The van der Waals surface area contributed by atoms with Crippen molar-refractivity contribution in [1.29, 1.82) is 0 Å². The van der Waals surface area contributed by atoms with Crippen LogP contribution in [0, 0.1) is 5.82 Å². The number of carbonyl (C=O) groups excluding carboxylic acids is 3. The maximum absolute atomic E-state index is 14.0. The van der Waals surface area contributed by atoms with E-state index in [1.165, 1.54) is 12.1 Å². The molecule has 0 saturated carbocycles. The Morgan fingerprint density at radius 2 is 1.89 bits per heavy atom. The molecule has 4 unspecified atom stereocenters. The standard InChI is InChI=1S/C36H43FN6O3/c1-4-30(38-2)36(46)39-27(23-44)22-43(33(45)20-24-10-6-5-7-11-24)19-18-28-16-17-32(42(28)3)35-40-31-15-9-14-29(34(31)41-35)25-12-8-13-26(37)21-25/h5-15,21,23,27-28,30,32,38H,4,16-20,22H2,1-3H3,(H,39,46)(H,40,41). The Kier molecular flexibility index (Phi) is 10.9. The number of imidazole rings is 1. The molecule has 0 bridgehead atoms. The van der Waals surface area contributed by atoms with Crippen LogP contribution in [-0.4, -0.2) is 83.2 Å². The topological polar surface area (TPSA) is 110 Å². The number of likely N-dealkylation sites (tertiary alicyclic amines) is 1. The number of amides is 2. The molecule has 1 saturated heterocycles. The van der Waals surface area contributed by atoms with Gasteiger partial charge in [-0.2, -0.15) is 0 Å². The van der Waals surface area contributed by atoms with Crippen LogP contribution in [0.15, 0.2) is 72.8 Å². The molecule has 2 heterocycles. The third-order valence-electron chi connectivity index (χ3n) is 9.09. The molecule has 4 atom stereocenters. The Morgan fingerprint density at radius 1 is 1.11 bits per heavy atom. The first-order valence-corrected chi connectivity index (χ1v) is 16.0. The molecule has 1 aliphatic rings. The molecule has 2 amide bonds. The predicted molar refractivity (Wildman–Crippen MR) is 177 cm³/mol. The fraction of sp³-hybridized carbons (Fsp3) is 0.389. The van der Waals surface area contributed by atoms with Gasteiger partial charge in [0.1, 0.15) is 24.0 Å². The molecule has 0 spiro atoms. The second-order valence-corrected chi connectivity index (χ2v) is 12.0. The second-order valence-electron chi connectivity index (χ2n) is 12.0. The summed E-state index contributed by atoms with van der Waals surface area (Å²) in [7, 11) is 3.79. The van der Waals surface area contributed by atoms with E-state index in [-0.39, 0.29) is 42.7 Å². The summed E-state index contributed by atoms with van der Waals surface area (Å²) in [4.78, 5) is 50.8. The number of rotatable bonds is 14. The number of nitrogens with one attached hydrogen (secondary N) is 3. The maximum Gasteiger partial charge on any atom is 0.237 e. The molecular formula is C36H43FN6O3. The summed E-state index contributed by atoms with van der Waals surface area (Å²) in [5.41, 5.74) is 4.26. The van der Waals surface area contributed by atoms with Crippen LogP contribution in [0.5, 0.6) is 0 Å². The number of aromatic amines is 1. The number of aldehydes is 1. The van der Waals surface area contributed by atoms with Crippen LogP contribution < -0.4 is 10.6 Å². The van der Waals surface area contributed by atoms with Crippen LogP contribution in [0.2, 0.25) is 0 Å². The Hall–Kier alpha value is -4.41. The van der Waals surface area contributed by atoms with E-state index >= 15 is 0 Å². The van der Waals surface area contributed by atoms with E-state index in [0.29, 0.717) is 25.7 Å². The van der Waals surface area contributed by atoms with Crippen LogP contribution in [0.25, 0.3) is 22.2 Å². The number of hydrogen-bond acceptors (Lipinski definition) is 6. The van der Waals surface area contributed by atoms with E-state index in [1.54, 1.807) is 18.0 Å². The summed E-state index contributed by atoms with van der Waals surface area (Å²) in [6.45, 7) is 2.44. The van der Waals surface area contributed by atoms with Crippen LogP contribution in [-0.2, 0) is 20.8 Å². The fourth-order valence-corrected chi connectivity index (χ4v) is 6.46. The number of likely N-dealkylation sites (N-methyl/N-ethyl adjacent to an activating group) is 1. The number of H-pyrrole nitrogens is 1. The number of nitrogens with zero attached hydrogens (tertiary/aromatic N) is 3. The van der Waals surface area contributed by atoms with Gasteiger partial charge in [0.2, 0.25) is 11.8 Å². The van der Waals surface area contributed by atoms with E-state index in [2.05, 4.69) is 27.6 Å². The minimum atomic E-state index is -0.813. The highest BCUT2D eigenvalue weighted by Crippen LogP contribution is 2.37. The first-order valence-electron chi connectivity index (χ1n) is 16.0. The van der Waals surface area contributed by atoms with Gasteiger partial charge < -0.3 is 25.3 Å². The van der Waals surface area contributed by atoms with Gasteiger partial charge in [-0.05, 0) is 69.1 Å². The first-order chi connectivity index (χ1) is 22.3. The number of benzene rings is 3. The average Bonchev–Trinajstić information content (AvgIpc) is 3.66. The predicted octanol–water partition coefficient (Wildman–Crippen LogP) is 4.65. The van der Waals surface area contributed by atoms with Gasteiger partial charge in [-0.1, -0.05) is 61.5 Å². The zero-order chi connectivity index (χ0) is 32.6. The lowest BCUT2D eigenvalue weighted by molar-refractivity contribution is -0.133. The SMILES string of the molecule is CCC(NC)C(=O)NC(C=O)CN(CCC1CCC(c2nc3c(-c4cccc(F)c4)cccc3[nH]2)N1C)C(=O)Cc1ccccc1. The molecule has 3 aromatic carbocycles. The molecule has 5 rings (SSSR count). The summed E-state index contributed by atoms with van der Waals surface area (Å²) in [6.07, 6.45) is 4.02. The molecule has 0 radical (unpaired) electrons. The third-order valence-corrected chi connectivity index (χ3v) is 9.09. The van der Waals surface area contributed by atoms with E-state index < -0.39 is 12.1 Å². The molecule has 3 N–H and O–H groups in total. The van der Waals surface area contributed by atoms with E-state index in [4.69, 9.17) is 4.98 Å². The maximum atomic E-state index is 14.0.